The molecule has 0 bridgehead atoms. The van der Waals surface area contributed by atoms with Gasteiger partial charge in [0.05, 0.1) is 6.61 Å². The zero-order valence-corrected chi connectivity index (χ0v) is 11.3. The second-order valence-electron chi connectivity index (χ2n) is 5.24. The van der Waals surface area contributed by atoms with Crippen LogP contribution in [0.4, 0.5) is 4.39 Å². The highest BCUT2D eigenvalue weighted by atomic mass is 19.1. The number of hydrogen-bond acceptors (Lipinski definition) is 2. The van der Waals surface area contributed by atoms with E-state index < -0.39 is 0 Å². The summed E-state index contributed by atoms with van der Waals surface area (Å²) in [6.45, 7) is 0.673. The molecule has 0 aliphatic carbocycles. The van der Waals surface area contributed by atoms with Gasteiger partial charge in [-0.3, -0.25) is 0 Å². The van der Waals surface area contributed by atoms with Gasteiger partial charge in [-0.25, -0.2) is 4.39 Å². The monoisotopic (exact) mass is 271 g/mol. The first-order valence-corrected chi connectivity index (χ1v) is 6.96. The van der Waals surface area contributed by atoms with E-state index in [1.54, 1.807) is 12.1 Å². The van der Waals surface area contributed by atoms with Crippen LogP contribution in [0.3, 0.4) is 0 Å². The Balaban J connectivity index is 1.82. The van der Waals surface area contributed by atoms with Gasteiger partial charge in [0, 0.05) is 12.0 Å². The van der Waals surface area contributed by atoms with Crippen LogP contribution in [0.5, 0.6) is 5.75 Å². The minimum Gasteiger partial charge on any atom is -0.493 e. The summed E-state index contributed by atoms with van der Waals surface area (Å²) in [4.78, 5) is 0. The van der Waals surface area contributed by atoms with Gasteiger partial charge in [-0.2, -0.15) is 0 Å². The van der Waals surface area contributed by atoms with Crippen LogP contribution in [-0.2, 0) is 6.42 Å². The maximum atomic E-state index is 13.7. The minimum absolute atomic E-state index is 0.100. The Morgan fingerprint density at radius 3 is 2.75 bits per heavy atom. The Morgan fingerprint density at radius 1 is 1.15 bits per heavy atom. The Kier molecular flexibility index (Phi) is 3.70. The van der Waals surface area contributed by atoms with Gasteiger partial charge in [0.1, 0.15) is 11.6 Å². The molecule has 3 heteroatoms. The molecule has 2 N–H and O–H groups in total. The van der Waals surface area contributed by atoms with Gasteiger partial charge in [0.2, 0.25) is 0 Å². The predicted molar refractivity (Wildman–Crippen MR) is 77.4 cm³/mol. The number of nitrogens with two attached hydrogens (primary N) is 1. The molecule has 2 aromatic carbocycles. The molecule has 1 aliphatic heterocycles. The lowest BCUT2D eigenvalue weighted by molar-refractivity contribution is 0.254. The molecule has 2 unspecified atom stereocenters. The molecule has 2 atom stereocenters. The van der Waals surface area contributed by atoms with E-state index in [1.807, 2.05) is 24.3 Å². The summed E-state index contributed by atoms with van der Waals surface area (Å²) in [5.74, 6) is 0.954. The standard InChI is InChI=1S/C17H18FNO/c18-15-7-3-1-5-12(15)11-16(19)13-9-10-20-17-8-4-2-6-14(13)17/h1-8,13,16H,9-11,19H2. The van der Waals surface area contributed by atoms with E-state index in [1.165, 1.54) is 6.07 Å². The molecule has 0 fully saturated rings. The van der Waals surface area contributed by atoms with Crippen LogP contribution in [-0.4, -0.2) is 12.6 Å². The second-order valence-corrected chi connectivity index (χ2v) is 5.24. The van der Waals surface area contributed by atoms with Crippen molar-refractivity contribution in [1.82, 2.24) is 0 Å². The number of rotatable bonds is 3. The van der Waals surface area contributed by atoms with E-state index in [0.29, 0.717) is 18.6 Å². The summed E-state index contributed by atoms with van der Waals surface area (Å²) >= 11 is 0. The number of fused-ring (bicyclic) bond motifs is 1. The molecule has 2 aromatic rings. The van der Waals surface area contributed by atoms with Crippen LogP contribution < -0.4 is 10.5 Å². The van der Waals surface area contributed by atoms with Crippen LogP contribution in [0.2, 0.25) is 0 Å². The first-order chi connectivity index (χ1) is 9.75. The lowest BCUT2D eigenvalue weighted by Gasteiger charge is -2.30. The van der Waals surface area contributed by atoms with E-state index in [2.05, 4.69) is 6.07 Å². The molecule has 1 heterocycles. The summed E-state index contributed by atoms with van der Waals surface area (Å²) in [6, 6.07) is 14.7. The highest BCUT2D eigenvalue weighted by molar-refractivity contribution is 5.39. The SMILES string of the molecule is NC(Cc1ccccc1F)C1CCOc2ccccc21. The highest BCUT2D eigenvalue weighted by Crippen LogP contribution is 2.35. The van der Waals surface area contributed by atoms with Crippen LogP contribution in [0.1, 0.15) is 23.5 Å². The van der Waals surface area contributed by atoms with Gasteiger partial charge in [0.25, 0.3) is 0 Å². The Hall–Kier alpha value is -1.87. The summed E-state index contributed by atoms with van der Waals surface area (Å²) in [5, 5.41) is 0. The lowest BCUT2D eigenvalue weighted by Crippen LogP contribution is -2.34. The summed E-state index contributed by atoms with van der Waals surface area (Å²) in [6.07, 6.45) is 1.43. The molecular formula is C17H18FNO. The maximum absolute atomic E-state index is 13.7. The Labute approximate surface area is 118 Å². The van der Waals surface area contributed by atoms with Crippen LogP contribution in [0.15, 0.2) is 48.5 Å². The summed E-state index contributed by atoms with van der Waals surface area (Å²) in [7, 11) is 0. The number of benzene rings is 2. The number of halogens is 1. The zero-order valence-electron chi connectivity index (χ0n) is 11.3. The number of hydrogen-bond donors (Lipinski definition) is 1. The minimum atomic E-state index is -0.178. The first kappa shape index (κ1) is 13.1. The second kappa shape index (κ2) is 5.63. The van der Waals surface area contributed by atoms with Crippen molar-refractivity contribution in [2.24, 2.45) is 5.73 Å². The smallest absolute Gasteiger partial charge is 0.126 e. The normalized spacial score (nSPS) is 19.0. The van der Waals surface area contributed by atoms with Gasteiger partial charge >= 0.3 is 0 Å². The Bertz CT molecular complexity index is 599. The molecule has 0 saturated carbocycles. The summed E-state index contributed by atoms with van der Waals surface area (Å²) < 4.78 is 19.4. The molecule has 20 heavy (non-hydrogen) atoms. The van der Waals surface area contributed by atoms with Gasteiger partial charge < -0.3 is 10.5 Å². The molecule has 1 aliphatic rings. The van der Waals surface area contributed by atoms with Crippen molar-refractivity contribution in [2.75, 3.05) is 6.61 Å². The quantitative estimate of drug-likeness (QED) is 0.930. The largest absolute Gasteiger partial charge is 0.493 e. The van der Waals surface area contributed by atoms with Crippen molar-refractivity contribution in [2.45, 2.75) is 24.8 Å². The van der Waals surface area contributed by atoms with Crippen molar-refractivity contribution in [3.05, 3.63) is 65.5 Å². The Morgan fingerprint density at radius 2 is 1.90 bits per heavy atom. The van der Waals surface area contributed by atoms with Crippen molar-refractivity contribution in [3.8, 4) is 5.75 Å². The summed E-state index contributed by atoms with van der Waals surface area (Å²) in [5.41, 5.74) is 8.17. The maximum Gasteiger partial charge on any atom is 0.126 e. The van der Waals surface area contributed by atoms with E-state index >= 15 is 0 Å². The molecule has 2 nitrogen and oxygen atoms in total. The number of para-hydroxylation sites is 1. The fourth-order valence-electron chi connectivity index (χ4n) is 2.87. The third-order valence-corrected chi connectivity index (χ3v) is 3.94. The zero-order chi connectivity index (χ0) is 13.9. The van der Waals surface area contributed by atoms with E-state index in [4.69, 9.17) is 10.5 Å². The molecule has 0 aromatic heterocycles. The number of ether oxygens (including phenoxy) is 1. The molecule has 3 rings (SSSR count). The van der Waals surface area contributed by atoms with Crippen LogP contribution in [0.25, 0.3) is 0 Å². The van der Waals surface area contributed by atoms with Gasteiger partial charge in [-0.15, -0.1) is 0 Å². The van der Waals surface area contributed by atoms with Crippen molar-refractivity contribution < 1.29 is 9.13 Å². The highest BCUT2D eigenvalue weighted by Gasteiger charge is 2.27. The molecule has 0 amide bonds. The fourth-order valence-corrected chi connectivity index (χ4v) is 2.87. The predicted octanol–water partition coefficient (Wildman–Crippen LogP) is 3.26. The van der Waals surface area contributed by atoms with Crippen molar-refractivity contribution in [1.29, 1.82) is 0 Å². The average molecular weight is 271 g/mol. The van der Waals surface area contributed by atoms with Crippen LogP contribution in [0, 0.1) is 5.82 Å². The third-order valence-electron chi connectivity index (χ3n) is 3.94. The van der Waals surface area contributed by atoms with Crippen LogP contribution >= 0.6 is 0 Å². The molecule has 0 radical (unpaired) electrons. The van der Waals surface area contributed by atoms with Gasteiger partial charge in [0.15, 0.2) is 0 Å². The van der Waals surface area contributed by atoms with Gasteiger partial charge in [-0.1, -0.05) is 36.4 Å². The lowest BCUT2D eigenvalue weighted by atomic mass is 9.84. The van der Waals surface area contributed by atoms with E-state index in [-0.39, 0.29) is 17.8 Å². The topological polar surface area (TPSA) is 35.2 Å². The van der Waals surface area contributed by atoms with Gasteiger partial charge in [-0.05, 0) is 36.1 Å². The molecule has 0 saturated heterocycles. The van der Waals surface area contributed by atoms with E-state index in [9.17, 15) is 4.39 Å². The molecule has 104 valence electrons. The first-order valence-electron chi connectivity index (χ1n) is 6.96. The fraction of sp³-hybridized carbons (Fsp3) is 0.294. The average Bonchev–Trinajstić information content (AvgIpc) is 2.49. The van der Waals surface area contributed by atoms with Crippen molar-refractivity contribution in [3.63, 3.8) is 0 Å². The molecular weight excluding hydrogens is 253 g/mol. The van der Waals surface area contributed by atoms with E-state index in [0.717, 1.165) is 17.7 Å². The molecule has 0 spiro atoms. The van der Waals surface area contributed by atoms with Crippen molar-refractivity contribution >= 4 is 0 Å². The third kappa shape index (κ3) is 2.54.